The van der Waals surface area contributed by atoms with E-state index in [2.05, 4.69) is 19.9 Å². The van der Waals surface area contributed by atoms with Crippen LogP contribution in [-0.4, -0.2) is 23.4 Å². The van der Waals surface area contributed by atoms with Gasteiger partial charge in [-0.05, 0) is 50.3 Å². The molecule has 2 rings (SSSR count). The van der Waals surface area contributed by atoms with E-state index >= 15 is 0 Å². The molecule has 0 saturated heterocycles. The highest BCUT2D eigenvalue weighted by Crippen LogP contribution is 2.30. The Hall–Kier alpha value is -1.82. The predicted molar refractivity (Wildman–Crippen MR) is 74.4 cm³/mol. The van der Waals surface area contributed by atoms with Gasteiger partial charge in [0, 0.05) is 12.6 Å². The van der Waals surface area contributed by atoms with Gasteiger partial charge in [0.1, 0.15) is 0 Å². The van der Waals surface area contributed by atoms with Crippen molar-refractivity contribution in [2.24, 2.45) is 5.92 Å². The Morgan fingerprint density at radius 1 is 1.37 bits per heavy atom. The van der Waals surface area contributed by atoms with Crippen molar-refractivity contribution in [3.05, 3.63) is 35.4 Å². The van der Waals surface area contributed by atoms with Crippen molar-refractivity contribution in [1.29, 1.82) is 5.26 Å². The summed E-state index contributed by atoms with van der Waals surface area (Å²) in [4.78, 5) is 14.3. The fourth-order valence-corrected chi connectivity index (χ4v) is 2.15. The van der Waals surface area contributed by atoms with Crippen molar-refractivity contribution < 1.29 is 4.79 Å². The molecule has 1 amide bonds. The van der Waals surface area contributed by atoms with E-state index in [1.54, 1.807) is 12.1 Å². The van der Waals surface area contributed by atoms with Gasteiger partial charge in [-0.3, -0.25) is 4.79 Å². The van der Waals surface area contributed by atoms with Gasteiger partial charge >= 0.3 is 0 Å². The molecule has 3 nitrogen and oxygen atoms in total. The molecule has 0 atom stereocenters. The van der Waals surface area contributed by atoms with Crippen LogP contribution in [0, 0.1) is 17.2 Å². The van der Waals surface area contributed by atoms with Crippen LogP contribution in [-0.2, 0) is 11.2 Å². The van der Waals surface area contributed by atoms with E-state index in [1.807, 2.05) is 17.0 Å². The Labute approximate surface area is 114 Å². The lowest BCUT2D eigenvalue weighted by molar-refractivity contribution is -0.132. The zero-order valence-electron chi connectivity index (χ0n) is 11.6. The molecule has 19 heavy (non-hydrogen) atoms. The van der Waals surface area contributed by atoms with Gasteiger partial charge in [0.05, 0.1) is 18.1 Å². The first-order valence-electron chi connectivity index (χ1n) is 6.88. The van der Waals surface area contributed by atoms with Crippen LogP contribution >= 0.6 is 0 Å². The average Bonchev–Trinajstić information content (AvgIpc) is 3.20. The van der Waals surface area contributed by atoms with Gasteiger partial charge < -0.3 is 4.90 Å². The molecule has 1 aliphatic carbocycles. The maximum atomic E-state index is 12.3. The van der Waals surface area contributed by atoms with Gasteiger partial charge in [-0.15, -0.1) is 0 Å². The van der Waals surface area contributed by atoms with Crippen molar-refractivity contribution in [1.82, 2.24) is 4.90 Å². The second-order valence-electron chi connectivity index (χ2n) is 5.57. The zero-order chi connectivity index (χ0) is 13.8. The maximum Gasteiger partial charge on any atom is 0.227 e. The third-order valence-corrected chi connectivity index (χ3v) is 3.53. The number of nitriles is 1. The summed E-state index contributed by atoms with van der Waals surface area (Å²) in [6.45, 7) is 5.03. The lowest BCUT2D eigenvalue weighted by atomic mass is 10.1. The third-order valence-electron chi connectivity index (χ3n) is 3.53. The largest absolute Gasteiger partial charge is 0.340 e. The van der Waals surface area contributed by atoms with Crippen LogP contribution in [0.3, 0.4) is 0 Å². The third kappa shape index (κ3) is 3.82. The molecule has 0 bridgehead atoms. The molecule has 3 heteroatoms. The van der Waals surface area contributed by atoms with E-state index in [4.69, 9.17) is 5.26 Å². The van der Waals surface area contributed by atoms with Crippen LogP contribution in [0.4, 0.5) is 0 Å². The van der Waals surface area contributed by atoms with Gasteiger partial charge in [0.2, 0.25) is 5.91 Å². The van der Waals surface area contributed by atoms with Crippen molar-refractivity contribution in [2.75, 3.05) is 6.54 Å². The molecule has 1 aliphatic rings. The van der Waals surface area contributed by atoms with E-state index in [0.29, 0.717) is 17.9 Å². The van der Waals surface area contributed by atoms with Crippen molar-refractivity contribution >= 4 is 5.91 Å². The van der Waals surface area contributed by atoms with E-state index in [1.165, 1.54) is 12.8 Å². The number of carbonyl (C=O) groups is 1. The minimum absolute atomic E-state index is 0.187. The van der Waals surface area contributed by atoms with Gasteiger partial charge in [-0.2, -0.15) is 5.26 Å². The van der Waals surface area contributed by atoms with E-state index in [0.717, 1.165) is 12.1 Å². The topological polar surface area (TPSA) is 44.1 Å². The van der Waals surface area contributed by atoms with Crippen LogP contribution in [0.15, 0.2) is 24.3 Å². The molecule has 1 aromatic carbocycles. The number of amides is 1. The highest BCUT2D eigenvalue weighted by Gasteiger charge is 2.27. The van der Waals surface area contributed by atoms with Crippen molar-refractivity contribution in [2.45, 2.75) is 39.2 Å². The lowest BCUT2D eigenvalue weighted by Gasteiger charge is -2.27. The predicted octanol–water partition coefficient (Wildman–Crippen LogP) is 2.75. The fourth-order valence-electron chi connectivity index (χ4n) is 2.15. The number of hydrogen-bond donors (Lipinski definition) is 0. The molecule has 0 N–H and O–H groups in total. The number of rotatable bonds is 5. The van der Waals surface area contributed by atoms with Crippen LogP contribution in [0.1, 0.15) is 37.8 Å². The molecule has 0 radical (unpaired) electrons. The lowest BCUT2D eigenvalue weighted by Crippen LogP contribution is -2.39. The monoisotopic (exact) mass is 256 g/mol. The first kappa shape index (κ1) is 13.6. The minimum atomic E-state index is 0.187. The Bertz CT molecular complexity index is 480. The number of carbonyl (C=O) groups excluding carboxylic acids is 1. The van der Waals surface area contributed by atoms with Crippen LogP contribution in [0.25, 0.3) is 0 Å². The average molecular weight is 256 g/mol. The van der Waals surface area contributed by atoms with E-state index < -0.39 is 0 Å². The van der Waals surface area contributed by atoms with Crippen LogP contribution in [0.2, 0.25) is 0 Å². The smallest absolute Gasteiger partial charge is 0.227 e. The highest BCUT2D eigenvalue weighted by atomic mass is 16.2. The molecule has 1 fully saturated rings. The summed E-state index contributed by atoms with van der Waals surface area (Å²) in [7, 11) is 0. The van der Waals surface area contributed by atoms with E-state index in [9.17, 15) is 4.79 Å². The summed E-state index contributed by atoms with van der Waals surface area (Å²) in [5.41, 5.74) is 1.61. The SMILES string of the molecule is CC(C)N(CC1CC1)C(=O)Cc1ccc(C#N)cc1. The molecule has 0 unspecified atom stereocenters. The van der Waals surface area contributed by atoms with Gasteiger partial charge in [0.25, 0.3) is 0 Å². The maximum absolute atomic E-state index is 12.3. The van der Waals surface area contributed by atoms with Crippen molar-refractivity contribution in [3.8, 4) is 6.07 Å². The summed E-state index contributed by atoms with van der Waals surface area (Å²) in [6, 6.07) is 9.61. The summed E-state index contributed by atoms with van der Waals surface area (Å²) in [5.74, 6) is 0.902. The molecule has 0 heterocycles. The van der Waals surface area contributed by atoms with Gasteiger partial charge in [-0.1, -0.05) is 12.1 Å². The van der Waals surface area contributed by atoms with Crippen LogP contribution < -0.4 is 0 Å². The minimum Gasteiger partial charge on any atom is -0.340 e. The number of hydrogen-bond acceptors (Lipinski definition) is 2. The summed E-state index contributed by atoms with van der Waals surface area (Å²) >= 11 is 0. The molecule has 0 aliphatic heterocycles. The second-order valence-corrected chi connectivity index (χ2v) is 5.57. The van der Waals surface area contributed by atoms with Crippen molar-refractivity contribution in [3.63, 3.8) is 0 Å². The fraction of sp³-hybridized carbons (Fsp3) is 0.500. The quantitative estimate of drug-likeness (QED) is 0.813. The molecular weight excluding hydrogens is 236 g/mol. The Morgan fingerprint density at radius 2 is 2.00 bits per heavy atom. The summed E-state index contributed by atoms with van der Waals surface area (Å²) < 4.78 is 0. The first-order chi connectivity index (χ1) is 9.10. The normalized spacial score (nSPS) is 14.2. The van der Waals surface area contributed by atoms with Gasteiger partial charge in [0.15, 0.2) is 0 Å². The van der Waals surface area contributed by atoms with Crippen LogP contribution in [0.5, 0.6) is 0 Å². The Morgan fingerprint density at radius 3 is 2.47 bits per heavy atom. The standard InChI is InChI=1S/C16H20N2O/c1-12(2)18(11-15-7-8-15)16(19)9-13-3-5-14(10-17)6-4-13/h3-6,12,15H,7-9,11H2,1-2H3. The number of benzene rings is 1. The molecule has 100 valence electrons. The number of nitrogens with zero attached hydrogens (tertiary/aromatic N) is 2. The Balaban J connectivity index is 1.98. The zero-order valence-corrected chi connectivity index (χ0v) is 11.6. The molecule has 0 aromatic heterocycles. The molecular formula is C16H20N2O. The second kappa shape index (κ2) is 5.88. The highest BCUT2D eigenvalue weighted by molar-refractivity contribution is 5.79. The molecule has 0 spiro atoms. The molecule has 1 aromatic rings. The van der Waals surface area contributed by atoms with Gasteiger partial charge in [-0.25, -0.2) is 0 Å². The Kier molecular flexibility index (Phi) is 4.21. The molecule has 1 saturated carbocycles. The summed E-state index contributed by atoms with van der Waals surface area (Å²) in [5, 5.41) is 8.75. The summed E-state index contributed by atoms with van der Waals surface area (Å²) in [6.07, 6.45) is 2.94. The first-order valence-corrected chi connectivity index (χ1v) is 6.88. The van der Waals surface area contributed by atoms with E-state index in [-0.39, 0.29) is 11.9 Å².